The summed E-state index contributed by atoms with van der Waals surface area (Å²) in [6, 6.07) is 4.31. The molecule has 2 rings (SSSR count). The van der Waals surface area contributed by atoms with Crippen molar-refractivity contribution in [2.75, 3.05) is 19.6 Å². The number of hydrogen-bond donors (Lipinski definition) is 3. The van der Waals surface area contributed by atoms with E-state index in [2.05, 4.69) is 10.6 Å². The molecular formula is C11H12FN3O. The number of halogens is 1. The molecule has 1 fully saturated rings. The molecule has 0 radical (unpaired) electrons. The second kappa shape index (κ2) is 4.47. The lowest BCUT2D eigenvalue weighted by Crippen LogP contribution is -2.42. The number of aromatic hydroxyl groups is 1. The Kier molecular flexibility index (Phi) is 3.04. The van der Waals surface area contributed by atoms with Gasteiger partial charge in [-0.15, -0.1) is 0 Å². The molecule has 0 aromatic heterocycles. The molecule has 1 saturated heterocycles. The van der Waals surface area contributed by atoms with Crippen molar-refractivity contribution in [1.29, 1.82) is 5.26 Å². The number of phenols is 1. The summed E-state index contributed by atoms with van der Waals surface area (Å²) in [6.45, 7) is 2.30. The predicted octanol–water partition coefficient (Wildman–Crippen LogP) is 0.637. The van der Waals surface area contributed by atoms with Crippen molar-refractivity contribution in [3.05, 3.63) is 29.1 Å². The van der Waals surface area contributed by atoms with Gasteiger partial charge in [0.15, 0.2) is 0 Å². The van der Waals surface area contributed by atoms with Crippen LogP contribution in [0.5, 0.6) is 5.75 Å². The maximum atomic E-state index is 13.2. The molecule has 16 heavy (non-hydrogen) atoms. The maximum Gasteiger partial charge on any atom is 0.144 e. The minimum atomic E-state index is -0.687. The van der Waals surface area contributed by atoms with E-state index in [0.29, 0.717) is 12.1 Å². The third-order valence-corrected chi connectivity index (χ3v) is 2.69. The van der Waals surface area contributed by atoms with Crippen LogP contribution in [0.4, 0.5) is 4.39 Å². The van der Waals surface area contributed by atoms with Crippen LogP contribution in [0.25, 0.3) is 0 Å². The van der Waals surface area contributed by atoms with Crippen molar-refractivity contribution in [1.82, 2.24) is 10.6 Å². The van der Waals surface area contributed by atoms with Gasteiger partial charge in [-0.1, -0.05) is 6.07 Å². The van der Waals surface area contributed by atoms with Gasteiger partial charge in [-0.25, -0.2) is 4.39 Å². The Hall–Kier alpha value is -1.64. The van der Waals surface area contributed by atoms with E-state index in [-0.39, 0.29) is 17.4 Å². The van der Waals surface area contributed by atoms with Crippen molar-refractivity contribution < 1.29 is 9.50 Å². The topological polar surface area (TPSA) is 68.1 Å². The Morgan fingerprint density at radius 1 is 1.44 bits per heavy atom. The summed E-state index contributed by atoms with van der Waals surface area (Å²) in [4.78, 5) is 0. The average Bonchev–Trinajstić information content (AvgIpc) is 2.31. The number of piperazine rings is 1. The van der Waals surface area contributed by atoms with Gasteiger partial charge in [-0.2, -0.15) is 5.26 Å². The van der Waals surface area contributed by atoms with Crippen molar-refractivity contribution >= 4 is 0 Å². The van der Waals surface area contributed by atoms with E-state index >= 15 is 0 Å². The van der Waals surface area contributed by atoms with E-state index < -0.39 is 5.82 Å². The maximum absolute atomic E-state index is 13.2. The van der Waals surface area contributed by atoms with Gasteiger partial charge >= 0.3 is 0 Å². The molecule has 5 heteroatoms. The quantitative estimate of drug-likeness (QED) is 0.651. The first-order valence-electron chi connectivity index (χ1n) is 5.09. The molecule has 0 bridgehead atoms. The normalized spacial score (nSPS) is 20.4. The van der Waals surface area contributed by atoms with E-state index in [1.165, 1.54) is 12.1 Å². The summed E-state index contributed by atoms with van der Waals surface area (Å²) in [5.74, 6) is -0.948. The van der Waals surface area contributed by atoms with Crippen molar-refractivity contribution in [2.24, 2.45) is 0 Å². The van der Waals surface area contributed by atoms with Crippen LogP contribution in [0.2, 0.25) is 0 Å². The molecule has 1 heterocycles. The minimum absolute atomic E-state index is 0.0820. The number of phenolic OH excluding ortho intramolecular Hbond substituents is 1. The first-order valence-corrected chi connectivity index (χ1v) is 5.09. The fourth-order valence-electron chi connectivity index (χ4n) is 1.84. The van der Waals surface area contributed by atoms with E-state index in [0.717, 1.165) is 13.1 Å². The van der Waals surface area contributed by atoms with Crippen molar-refractivity contribution in [3.63, 3.8) is 0 Å². The van der Waals surface area contributed by atoms with Crippen LogP contribution < -0.4 is 10.6 Å². The zero-order valence-electron chi connectivity index (χ0n) is 8.63. The van der Waals surface area contributed by atoms with Gasteiger partial charge in [0.25, 0.3) is 0 Å². The molecular weight excluding hydrogens is 209 g/mol. The molecule has 1 atom stereocenters. The molecule has 1 aromatic carbocycles. The standard InChI is InChI=1S/C11H12FN3O/c12-9-2-1-7(11(16)8(9)5-13)10-6-14-3-4-15-10/h1-2,10,14-16H,3-4,6H2/t10-/m1/s1. The third kappa shape index (κ3) is 1.85. The molecule has 84 valence electrons. The van der Waals surface area contributed by atoms with Crippen molar-refractivity contribution in [2.45, 2.75) is 6.04 Å². The smallest absolute Gasteiger partial charge is 0.144 e. The second-order valence-electron chi connectivity index (χ2n) is 3.68. The van der Waals surface area contributed by atoms with Crippen LogP contribution in [-0.4, -0.2) is 24.7 Å². The van der Waals surface area contributed by atoms with Gasteiger partial charge in [-0.3, -0.25) is 0 Å². The third-order valence-electron chi connectivity index (χ3n) is 2.69. The summed E-state index contributed by atoms with van der Waals surface area (Å²) in [7, 11) is 0. The zero-order valence-corrected chi connectivity index (χ0v) is 8.63. The lowest BCUT2D eigenvalue weighted by Gasteiger charge is -2.25. The Morgan fingerprint density at radius 2 is 2.25 bits per heavy atom. The Balaban J connectivity index is 2.38. The number of hydrogen-bond acceptors (Lipinski definition) is 4. The van der Waals surface area contributed by atoms with E-state index in [1.807, 2.05) is 0 Å². The molecule has 0 amide bonds. The second-order valence-corrected chi connectivity index (χ2v) is 3.68. The highest BCUT2D eigenvalue weighted by atomic mass is 19.1. The summed E-state index contributed by atoms with van der Waals surface area (Å²) >= 11 is 0. The van der Waals surface area contributed by atoms with Gasteiger partial charge in [0.2, 0.25) is 0 Å². The molecule has 0 aliphatic carbocycles. The van der Waals surface area contributed by atoms with E-state index in [1.54, 1.807) is 6.07 Å². The average molecular weight is 221 g/mol. The minimum Gasteiger partial charge on any atom is -0.506 e. The number of benzene rings is 1. The molecule has 0 spiro atoms. The zero-order chi connectivity index (χ0) is 11.5. The highest BCUT2D eigenvalue weighted by Crippen LogP contribution is 2.29. The van der Waals surface area contributed by atoms with Crippen LogP contribution in [-0.2, 0) is 0 Å². The Bertz CT molecular complexity index is 436. The molecule has 0 unspecified atom stereocenters. The van der Waals surface area contributed by atoms with Crippen LogP contribution in [0.1, 0.15) is 17.2 Å². The molecule has 0 saturated carbocycles. The number of nitriles is 1. The molecule has 1 aliphatic heterocycles. The summed E-state index contributed by atoms with van der Waals surface area (Å²) in [6.07, 6.45) is 0. The van der Waals surface area contributed by atoms with Gasteiger partial charge in [0.05, 0.1) is 0 Å². The lowest BCUT2D eigenvalue weighted by molar-refractivity contribution is 0.401. The fraction of sp³-hybridized carbons (Fsp3) is 0.364. The summed E-state index contributed by atoms with van der Waals surface area (Å²) in [5, 5.41) is 24.9. The summed E-state index contributed by atoms with van der Waals surface area (Å²) in [5.41, 5.74) is 0.273. The predicted molar refractivity (Wildman–Crippen MR) is 56.4 cm³/mol. The molecule has 4 nitrogen and oxygen atoms in total. The molecule has 1 aliphatic rings. The summed E-state index contributed by atoms with van der Waals surface area (Å²) < 4.78 is 13.2. The highest BCUT2D eigenvalue weighted by Gasteiger charge is 2.21. The van der Waals surface area contributed by atoms with Crippen LogP contribution in [0, 0.1) is 17.1 Å². The van der Waals surface area contributed by atoms with Gasteiger partial charge < -0.3 is 15.7 Å². The van der Waals surface area contributed by atoms with E-state index in [9.17, 15) is 9.50 Å². The largest absolute Gasteiger partial charge is 0.506 e. The highest BCUT2D eigenvalue weighted by molar-refractivity contribution is 5.49. The Morgan fingerprint density at radius 3 is 2.88 bits per heavy atom. The van der Waals surface area contributed by atoms with E-state index in [4.69, 9.17) is 5.26 Å². The molecule has 3 N–H and O–H groups in total. The van der Waals surface area contributed by atoms with Crippen LogP contribution >= 0.6 is 0 Å². The SMILES string of the molecule is N#Cc1c(F)ccc([C@H]2CNCCN2)c1O. The van der Waals surface area contributed by atoms with Gasteiger partial charge in [0.1, 0.15) is 23.2 Å². The van der Waals surface area contributed by atoms with Crippen LogP contribution in [0.15, 0.2) is 12.1 Å². The monoisotopic (exact) mass is 221 g/mol. The number of nitrogens with zero attached hydrogens (tertiary/aromatic N) is 1. The Labute approximate surface area is 92.7 Å². The van der Waals surface area contributed by atoms with Gasteiger partial charge in [0, 0.05) is 31.2 Å². The first kappa shape index (κ1) is 10.9. The van der Waals surface area contributed by atoms with Crippen molar-refractivity contribution in [3.8, 4) is 11.8 Å². The van der Waals surface area contributed by atoms with Crippen LogP contribution in [0.3, 0.4) is 0 Å². The fourth-order valence-corrected chi connectivity index (χ4v) is 1.84. The van der Waals surface area contributed by atoms with Gasteiger partial charge in [-0.05, 0) is 6.07 Å². The first-order chi connectivity index (χ1) is 7.74. The number of nitrogens with one attached hydrogen (secondary N) is 2. The number of rotatable bonds is 1. The lowest BCUT2D eigenvalue weighted by atomic mass is 10.0. The molecule has 1 aromatic rings.